The lowest BCUT2D eigenvalue weighted by atomic mass is 9.48. The number of carbonyl (C=O) groups excluding carboxylic acids is 3. The summed E-state index contributed by atoms with van der Waals surface area (Å²) in [7, 11) is 0. The molecule has 1 heterocycles. The van der Waals surface area contributed by atoms with Crippen LogP contribution < -0.4 is 4.90 Å². The molecule has 4 saturated carbocycles. The zero-order valence-corrected chi connectivity index (χ0v) is 22.7. The number of carboxylic acid groups (broad SMARTS) is 1. The molecule has 2 amide bonds. The van der Waals surface area contributed by atoms with Gasteiger partial charge < -0.3 is 14.9 Å². The molecule has 5 aliphatic rings. The van der Waals surface area contributed by atoms with Gasteiger partial charge in [0.25, 0.3) is 0 Å². The molecule has 4 bridgehead atoms. The number of para-hydroxylation sites is 1. The minimum Gasteiger partial charge on any atom is -0.480 e. The fourth-order valence-corrected chi connectivity index (χ4v) is 8.68. The highest BCUT2D eigenvalue weighted by Crippen LogP contribution is 2.62. The number of ketones is 1. The average Bonchev–Trinajstić information content (AvgIpc) is 2.93. The summed E-state index contributed by atoms with van der Waals surface area (Å²) in [5.41, 5.74) is 1.15. The molecule has 0 unspecified atom stereocenters. The van der Waals surface area contributed by atoms with Gasteiger partial charge in [-0.25, -0.2) is 9.18 Å². The van der Waals surface area contributed by atoms with E-state index in [-0.39, 0.29) is 17.5 Å². The van der Waals surface area contributed by atoms with Crippen LogP contribution in [0.25, 0.3) is 0 Å². The number of nitrogens with zero attached hydrogens (tertiary/aromatic N) is 2. The summed E-state index contributed by atoms with van der Waals surface area (Å²) in [5, 5.41) is 10.3. The van der Waals surface area contributed by atoms with Gasteiger partial charge >= 0.3 is 5.97 Å². The Morgan fingerprint density at radius 2 is 1.55 bits per heavy atom. The van der Waals surface area contributed by atoms with Gasteiger partial charge in [0.1, 0.15) is 17.9 Å². The van der Waals surface area contributed by atoms with Gasteiger partial charge in [0.15, 0.2) is 5.78 Å². The van der Waals surface area contributed by atoms with E-state index in [2.05, 4.69) is 0 Å². The van der Waals surface area contributed by atoms with Crippen molar-refractivity contribution in [1.29, 1.82) is 0 Å². The van der Waals surface area contributed by atoms with Gasteiger partial charge in [-0.2, -0.15) is 0 Å². The summed E-state index contributed by atoms with van der Waals surface area (Å²) >= 11 is 0. The Bertz CT molecular complexity index is 1320. The Balaban J connectivity index is 1.48. The maximum absolute atomic E-state index is 14.8. The summed E-state index contributed by atoms with van der Waals surface area (Å²) in [4.78, 5) is 56.9. The van der Waals surface area contributed by atoms with Gasteiger partial charge in [-0.3, -0.25) is 14.4 Å². The third-order valence-electron chi connectivity index (χ3n) is 9.79. The van der Waals surface area contributed by atoms with Crippen molar-refractivity contribution in [3.05, 3.63) is 65.5 Å². The number of Topliss-reactive ketones (excluding diaryl/α,β-unsaturated/α-hetero) is 1. The van der Waals surface area contributed by atoms with Crippen LogP contribution in [0.15, 0.2) is 48.5 Å². The number of hydrogen-bond donors (Lipinski definition) is 1. The number of carbonyl (C=O) groups is 4. The predicted octanol–water partition coefficient (Wildman–Crippen LogP) is 5.22. The van der Waals surface area contributed by atoms with E-state index in [0.29, 0.717) is 35.4 Å². The van der Waals surface area contributed by atoms with Crippen LogP contribution in [0.4, 0.5) is 10.1 Å². The fourth-order valence-electron chi connectivity index (χ4n) is 8.68. The number of carboxylic acids is 1. The van der Waals surface area contributed by atoms with Crippen LogP contribution in [0.5, 0.6) is 0 Å². The van der Waals surface area contributed by atoms with E-state index >= 15 is 0 Å². The third kappa shape index (κ3) is 4.82. The molecule has 4 fully saturated rings. The van der Waals surface area contributed by atoms with Crippen LogP contribution in [0.3, 0.4) is 0 Å². The number of fused-ring (bicyclic) bond motifs is 1. The average molecular weight is 547 g/mol. The smallest absolute Gasteiger partial charge is 0.326 e. The molecule has 4 aliphatic carbocycles. The molecule has 1 aliphatic heterocycles. The van der Waals surface area contributed by atoms with Gasteiger partial charge in [0.05, 0.1) is 12.2 Å². The van der Waals surface area contributed by atoms with Crippen molar-refractivity contribution in [3.8, 4) is 0 Å². The molecule has 0 radical (unpaired) electrons. The van der Waals surface area contributed by atoms with E-state index in [1.807, 2.05) is 0 Å². The molecule has 0 spiro atoms. The first-order valence-electron chi connectivity index (χ1n) is 14.3. The van der Waals surface area contributed by atoms with E-state index in [4.69, 9.17) is 0 Å². The number of rotatable bonds is 5. The minimum absolute atomic E-state index is 0.0598. The third-order valence-corrected chi connectivity index (χ3v) is 9.79. The second kappa shape index (κ2) is 10.1. The molecule has 2 aromatic rings. The van der Waals surface area contributed by atoms with Gasteiger partial charge in [-0.15, -0.1) is 0 Å². The van der Waals surface area contributed by atoms with E-state index in [1.54, 1.807) is 36.4 Å². The molecule has 0 aromatic heterocycles. The lowest BCUT2D eigenvalue weighted by Crippen LogP contribution is -2.59. The molecule has 210 valence electrons. The van der Waals surface area contributed by atoms with E-state index in [9.17, 15) is 28.7 Å². The zero-order valence-electron chi connectivity index (χ0n) is 22.7. The highest BCUT2D eigenvalue weighted by Gasteiger charge is 2.54. The second-order valence-corrected chi connectivity index (χ2v) is 12.6. The molecule has 7 nitrogen and oxygen atoms in total. The summed E-state index contributed by atoms with van der Waals surface area (Å²) in [6, 6.07) is 10.1. The van der Waals surface area contributed by atoms with Crippen LogP contribution in [-0.4, -0.2) is 45.7 Å². The molecular formula is C32H35FN2O5. The number of anilines is 1. The van der Waals surface area contributed by atoms with E-state index in [0.717, 1.165) is 19.3 Å². The van der Waals surface area contributed by atoms with E-state index in [1.165, 1.54) is 48.1 Å². The standard InChI is InChI=1S/C32H35FN2O5/c1-19(36)35-27(31(39)40)13-29(37)25-4-2-3-5-26(25)34(18-20-6-8-24(33)9-7-20)30(38)28(35)17-32-14-21-10-22(15-32)12-23(11-21)16-32/h2-9,21-23,27-28H,10-18H2,1H3,(H,39,40)/t21?,22?,23?,27-,28+,32?/m0/s1. The monoisotopic (exact) mass is 546 g/mol. The number of hydrogen-bond acceptors (Lipinski definition) is 4. The molecule has 1 N–H and O–H groups in total. The van der Waals surface area contributed by atoms with Crippen molar-refractivity contribution in [2.24, 2.45) is 23.2 Å². The highest BCUT2D eigenvalue weighted by molar-refractivity contribution is 6.10. The van der Waals surface area contributed by atoms with Crippen molar-refractivity contribution >= 4 is 29.3 Å². The zero-order chi connectivity index (χ0) is 28.2. The Morgan fingerprint density at radius 3 is 2.12 bits per heavy atom. The van der Waals surface area contributed by atoms with Crippen LogP contribution in [0.1, 0.15) is 74.2 Å². The quantitative estimate of drug-likeness (QED) is 0.555. The summed E-state index contributed by atoms with van der Waals surface area (Å²) in [5.74, 6) is -1.25. The lowest BCUT2D eigenvalue weighted by molar-refractivity contribution is -0.156. The maximum Gasteiger partial charge on any atom is 0.326 e. The predicted molar refractivity (Wildman–Crippen MR) is 146 cm³/mol. The summed E-state index contributed by atoms with van der Waals surface area (Å²) < 4.78 is 13.7. The molecule has 2 atom stereocenters. The number of halogens is 1. The topological polar surface area (TPSA) is 95.0 Å². The maximum atomic E-state index is 14.8. The van der Waals surface area contributed by atoms with Crippen LogP contribution in [0.2, 0.25) is 0 Å². The first kappa shape index (κ1) is 26.7. The second-order valence-electron chi connectivity index (χ2n) is 12.6. The van der Waals surface area contributed by atoms with Crippen molar-refractivity contribution in [2.75, 3.05) is 4.90 Å². The molecule has 2 aromatic carbocycles. The Hall–Kier alpha value is -3.55. The first-order valence-corrected chi connectivity index (χ1v) is 14.3. The number of aliphatic carboxylic acids is 1. The van der Waals surface area contributed by atoms with Crippen molar-refractivity contribution in [2.45, 2.75) is 76.9 Å². The first-order chi connectivity index (χ1) is 19.1. The summed E-state index contributed by atoms with van der Waals surface area (Å²) in [6.07, 6.45) is 6.56. The van der Waals surface area contributed by atoms with E-state index < -0.39 is 47.9 Å². The number of amides is 2. The van der Waals surface area contributed by atoms with Gasteiger partial charge in [0.2, 0.25) is 11.8 Å². The van der Waals surface area contributed by atoms with Gasteiger partial charge in [0, 0.05) is 18.9 Å². The Morgan fingerprint density at radius 1 is 0.950 bits per heavy atom. The normalized spacial score (nSPS) is 31.4. The summed E-state index contributed by atoms with van der Waals surface area (Å²) in [6.45, 7) is 1.35. The van der Waals surface area contributed by atoms with Gasteiger partial charge in [-0.1, -0.05) is 24.3 Å². The van der Waals surface area contributed by atoms with Crippen LogP contribution in [0, 0.1) is 29.0 Å². The van der Waals surface area contributed by atoms with Crippen molar-refractivity contribution in [1.82, 2.24) is 4.90 Å². The number of benzene rings is 2. The largest absolute Gasteiger partial charge is 0.480 e. The fraction of sp³-hybridized carbons (Fsp3) is 0.500. The Labute approximate surface area is 233 Å². The van der Waals surface area contributed by atoms with Gasteiger partial charge in [-0.05, 0) is 97.9 Å². The van der Waals surface area contributed by atoms with Crippen molar-refractivity contribution < 1.29 is 28.7 Å². The van der Waals surface area contributed by atoms with Crippen molar-refractivity contribution in [3.63, 3.8) is 0 Å². The van der Waals surface area contributed by atoms with Crippen LogP contribution in [-0.2, 0) is 20.9 Å². The minimum atomic E-state index is -1.45. The molecule has 7 rings (SSSR count). The molecular weight excluding hydrogens is 511 g/mol. The molecule has 0 saturated heterocycles. The SMILES string of the molecule is CC(=O)N1[C@H](CC23CC4CC(CC(C4)C2)C3)C(=O)N(Cc2ccc(F)cc2)c2ccccc2C(=O)C[C@H]1C(=O)O. The highest BCUT2D eigenvalue weighted by atomic mass is 19.1. The molecule has 40 heavy (non-hydrogen) atoms. The molecule has 8 heteroatoms. The lowest BCUT2D eigenvalue weighted by Gasteiger charge is -2.58. The van der Waals surface area contributed by atoms with Crippen LogP contribution >= 0.6 is 0 Å². The Kier molecular flexibility index (Phi) is 6.75.